The van der Waals surface area contributed by atoms with E-state index in [-0.39, 0.29) is 6.04 Å². The first-order valence-electron chi connectivity index (χ1n) is 7.56. The zero-order valence-electron chi connectivity index (χ0n) is 13.3. The minimum atomic E-state index is 0.273. The van der Waals surface area contributed by atoms with Gasteiger partial charge in [-0.15, -0.1) is 0 Å². The Kier molecular flexibility index (Phi) is 5.45. The molecule has 0 bridgehead atoms. The predicted molar refractivity (Wildman–Crippen MR) is 85.5 cm³/mol. The minimum absolute atomic E-state index is 0.273. The Morgan fingerprint density at radius 3 is 2.33 bits per heavy atom. The number of rotatable bonds is 7. The minimum Gasteiger partial charge on any atom is -0.493 e. The van der Waals surface area contributed by atoms with Crippen molar-refractivity contribution in [3.05, 3.63) is 53.5 Å². The summed E-state index contributed by atoms with van der Waals surface area (Å²) in [6, 6.07) is 12.6. The van der Waals surface area contributed by atoms with Crippen LogP contribution in [-0.4, -0.2) is 6.61 Å². The highest BCUT2D eigenvalue weighted by molar-refractivity contribution is 5.29. The normalized spacial score (nSPS) is 12.6. The lowest BCUT2D eigenvalue weighted by Crippen LogP contribution is -2.17. The zero-order chi connectivity index (χ0) is 15.2. The van der Waals surface area contributed by atoms with Gasteiger partial charge in [0.25, 0.3) is 0 Å². The van der Waals surface area contributed by atoms with Crippen molar-refractivity contribution in [2.45, 2.75) is 40.3 Å². The number of nitrogens with one attached hydrogen (secondary N) is 1. The number of hydrogen-bond donors (Lipinski definition) is 1. The molecule has 0 fully saturated rings. The fourth-order valence-corrected chi connectivity index (χ4v) is 2.07. The Bertz CT molecular complexity index is 543. The van der Waals surface area contributed by atoms with Crippen molar-refractivity contribution in [2.24, 2.45) is 5.92 Å². The number of aryl methyl sites for hydroxylation is 1. The molecule has 1 aromatic heterocycles. The molecule has 2 rings (SSSR count). The standard InChI is InChI=1S/C18H25NO2/c1-13(2)12-20-17-9-6-16(7-10-17)15(4)19-11-18-8-5-14(3)21-18/h5-10,13,15,19H,11-12H2,1-4H3. The van der Waals surface area contributed by atoms with Gasteiger partial charge in [-0.05, 0) is 49.6 Å². The molecule has 3 nitrogen and oxygen atoms in total. The van der Waals surface area contributed by atoms with Crippen LogP contribution in [0, 0.1) is 12.8 Å². The van der Waals surface area contributed by atoms with Crippen molar-refractivity contribution >= 4 is 0 Å². The van der Waals surface area contributed by atoms with E-state index in [0.717, 1.165) is 30.4 Å². The third kappa shape index (κ3) is 4.94. The molecule has 0 saturated heterocycles. The molecule has 0 spiro atoms. The summed E-state index contributed by atoms with van der Waals surface area (Å²) in [6.07, 6.45) is 0. The highest BCUT2D eigenvalue weighted by atomic mass is 16.5. The van der Waals surface area contributed by atoms with Gasteiger partial charge in [0.2, 0.25) is 0 Å². The Labute approximate surface area is 127 Å². The van der Waals surface area contributed by atoms with Crippen molar-refractivity contribution in [1.82, 2.24) is 5.32 Å². The summed E-state index contributed by atoms with van der Waals surface area (Å²) in [5.41, 5.74) is 1.25. The topological polar surface area (TPSA) is 34.4 Å². The molecule has 0 radical (unpaired) electrons. The Hall–Kier alpha value is -1.74. The van der Waals surface area contributed by atoms with E-state index in [2.05, 4.69) is 38.2 Å². The van der Waals surface area contributed by atoms with Gasteiger partial charge in [0.05, 0.1) is 13.2 Å². The van der Waals surface area contributed by atoms with Crippen molar-refractivity contribution in [3.63, 3.8) is 0 Å². The van der Waals surface area contributed by atoms with E-state index in [1.165, 1.54) is 5.56 Å². The fourth-order valence-electron chi connectivity index (χ4n) is 2.07. The molecule has 0 aliphatic rings. The van der Waals surface area contributed by atoms with E-state index >= 15 is 0 Å². The average molecular weight is 287 g/mol. The monoisotopic (exact) mass is 287 g/mol. The molecule has 1 N–H and O–H groups in total. The highest BCUT2D eigenvalue weighted by Gasteiger charge is 2.07. The smallest absolute Gasteiger partial charge is 0.119 e. The van der Waals surface area contributed by atoms with Crippen molar-refractivity contribution < 1.29 is 9.15 Å². The van der Waals surface area contributed by atoms with Gasteiger partial charge in [-0.1, -0.05) is 26.0 Å². The van der Waals surface area contributed by atoms with Crippen LogP contribution < -0.4 is 10.1 Å². The molecule has 1 atom stereocenters. The maximum Gasteiger partial charge on any atom is 0.119 e. The molecule has 2 aromatic rings. The summed E-state index contributed by atoms with van der Waals surface area (Å²) in [5.74, 6) is 3.39. The van der Waals surface area contributed by atoms with Crippen molar-refractivity contribution in [2.75, 3.05) is 6.61 Å². The molecule has 1 aromatic carbocycles. The predicted octanol–water partition coefficient (Wildman–Crippen LogP) is 4.47. The fraction of sp³-hybridized carbons (Fsp3) is 0.444. The van der Waals surface area contributed by atoms with Gasteiger partial charge in [-0.25, -0.2) is 0 Å². The second-order valence-corrected chi connectivity index (χ2v) is 5.89. The summed E-state index contributed by atoms with van der Waals surface area (Å²) in [4.78, 5) is 0. The molecule has 1 unspecified atom stereocenters. The van der Waals surface area contributed by atoms with E-state index in [9.17, 15) is 0 Å². The largest absolute Gasteiger partial charge is 0.493 e. The molecule has 0 saturated carbocycles. The number of benzene rings is 1. The maximum absolute atomic E-state index is 5.70. The summed E-state index contributed by atoms with van der Waals surface area (Å²) >= 11 is 0. The van der Waals surface area contributed by atoms with Crippen LogP contribution >= 0.6 is 0 Å². The van der Waals surface area contributed by atoms with E-state index in [4.69, 9.17) is 9.15 Å². The second kappa shape index (κ2) is 7.32. The van der Waals surface area contributed by atoms with Crippen LogP contribution in [0.4, 0.5) is 0 Å². The van der Waals surface area contributed by atoms with Gasteiger partial charge in [-0.2, -0.15) is 0 Å². The highest BCUT2D eigenvalue weighted by Crippen LogP contribution is 2.19. The van der Waals surface area contributed by atoms with E-state index in [1.54, 1.807) is 0 Å². The van der Waals surface area contributed by atoms with E-state index in [1.807, 2.05) is 31.2 Å². The molecule has 21 heavy (non-hydrogen) atoms. The molecule has 0 aliphatic heterocycles. The maximum atomic E-state index is 5.70. The van der Waals surface area contributed by atoms with Gasteiger partial charge < -0.3 is 14.5 Å². The first-order chi connectivity index (χ1) is 10.0. The first-order valence-corrected chi connectivity index (χ1v) is 7.56. The lowest BCUT2D eigenvalue weighted by Gasteiger charge is -2.14. The zero-order valence-corrected chi connectivity index (χ0v) is 13.3. The van der Waals surface area contributed by atoms with Gasteiger partial charge in [0.1, 0.15) is 17.3 Å². The Morgan fingerprint density at radius 2 is 1.76 bits per heavy atom. The molecule has 0 aliphatic carbocycles. The number of hydrogen-bond acceptors (Lipinski definition) is 3. The second-order valence-electron chi connectivity index (χ2n) is 5.89. The van der Waals surface area contributed by atoms with Gasteiger partial charge in [-0.3, -0.25) is 0 Å². The van der Waals surface area contributed by atoms with Crippen LogP contribution in [0.5, 0.6) is 5.75 Å². The SMILES string of the molecule is Cc1ccc(CNC(C)c2ccc(OCC(C)C)cc2)o1. The van der Waals surface area contributed by atoms with Crippen LogP contribution in [0.15, 0.2) is 40.8 Å². The Morgan fingerprint density at radius 1 is 1.05 bits per heavy atom. The van der Waals surface area contributed by atoms with E-state index in [0.29, 0.717) is 5.92 Å². The average Bonchev–Trinajstić information content (AvgIpc) is 2.89. The third-order valence-corrected chi connectivity index (χ3v) is 3.34. The van der Waals surface area contributed by atoms with Gasteiger partial charge >= 0.3 is 0 Å². The van der Waals surface area contributed by atoms with Crippen LogP contribution in [-0.2, 0) is 6.54 Å². The molecular formula is C18H25NO2. The molecule has 3 heteroatoms. The number of furan rings is 1. The number of ether oxygens (including phenoxy) is 1. The molecular weight excluding hydrogens is 262 g/mol. The van der Waals surface area contributed by atoms with Crippen LogP contribution in [0.1, 0.15) is 43.9 Å². The molecule has 114 valence electrons. The molecule has 1 heterocycles. The van der Waals surface area contributed by atoms with Crippen molar-refractivity contribution in [1.29, 1.82) is 0 Å². The first kappa shape index (κ1) is 15.6. The summed E-state index contributed by atoms with van der Waals surface area (Å²) in [5, 5.41) is 3.46. The summed E-state index contributed by atoms with van der Waals surface area (Å²) < 4.78 is 11.3. The van der Waals surface area contributed by atoms with Crippen molar-refractivity contribution in [3.8, 4) is 5.75 Å². The Balaban J connectivity index is 1.85. The summed E-state index contributed by atoms with van der Waals surface area (Å²) in [6.45, 7) is 9.90. The van der Waals surface area contributed by atoms with Gasteiger partial charge in [0.15, 0.2) is 0 Å². The van der Waals surface area contributed by atoms with Gasteiger partial charge in [0, 0.05) is 6.04 Å². The van der Waals surface area contributed by atoms with Crippen LogP contribution in [0.2, 0.25) is 0 Å². The summed E-state index contributed by atoms with van der Waals surface area (Å²) in [7, 11) is 0. The van der Waals surface area contributed by atoms with Crippen LogP contribution in [0.3, 0.4) is 0 Å². The third-order valence-electron chi connectivity index (χ3n) is 3.34. The molecule has 0 amide bonds. The quantitative estimate of drug-likeness (QED) is 0.815. The lowest BCUT2D eigenvalue weighted by molar-refractivity contribution is 0.271. The van der Waals surface area contributed by atoms with Crippen LogP contribution in [0.25, 0.3) is 0 Å². The lowest BCUT2D eigenvalue weighted by atomic mass is 10.1. The van der Waals surface area contributed by atoms with E-state index < -0.39 is 0 Å².